The minimum Gasteiger partial charge on any atom is -0.356 e. The molecule has 154 valence electrons. The fourth-order valence-corrected chi connectivity index (χ4v) is 4.67. The summed E-state index contributed by atoms with van der Waals surface area (Å²) in [7, 11) is 0. The molecule has 1 unspecified atom stereocenters. The highest BCUT2D eigenvalue weighted by Gasteiger charge is 2.59. The zero-order valence-corrected chi connectivity index (χ0v) is 16.4. The molecule has 5 rings (SSSR count). The summed E-state index contributed by atoms with van der Waals surface area (Å²) in [6.45, 7) is 1.88. The van der Waals surface area contributed by atoms with E-state index in [0.717, 1.165) is 39.6 Å². The first-order chi connectivity index (χ1) is 14.1. The Balaban J connectivity index is 1.68. The molecule has 2 aliphatic rings. The molecule has 0 bridgehead atoms. The van der Waals surface area contributed by atoms with Gasteiger partial charge in [0.05, 0.1) is 22.0 Å². The Morgan fingerprint density at radius 2 is 1.87 bits per heavy atom. The third-order valence-electron chi connectivity index (χ3n) is 5.98. The molecule has 2 aromatic carbocycles. The SMILES string of the molecule is CC12C(=O)N(c3cc(C(F)(F)F)ccc3Cl)C(=O)N1CCc1c2[nH]c2ccccc12. The topological polar surface area (TPSA) is 56.4 Å². The number of halogens is 4. The Labute approximate surface area is 174 Å². The standard InChI is InChI=1S/C21H15ClF3N3O2/c1-20-17-13(12-4-2-3-5-15(12)26-17)8-9-27(20)19(30)28(18(20)29)16-10-11(21(23,24)25)6-7-14(16)22/h2-7,10,26H,8-9H2,1H3. The number of urea groups is 1. The van der Waals surface area contributed by atoms with E-state index < -0.39 is 29.2 Å². The molecule has 1 fully saturated rings. The molecule has 5 nitrogen and oxygen atoms in total. The number of hydrogen-bond donors (Lipinski definition) is 1. The van der Waals surface area contributed by atoms with Crippen LogP contribution in [0, 0.1) is 0 Å². The zero-order chi connectivity index (χ0) is 21.4. The predicted molar refractivity (Wildman–Crippen MR) is 105 cm³/mol. The van der Waals surface area contributed by atoms with Gasteiger partial charge in [0.15, 0.2) is 5.54 Å². The number of anilines is 1. The molecule has 0 spiro atoms. The number of carbonyl (C=O) groups is 2. The van der Waals surface area contributed by atoms with Crippen LogP contribution in [0.3, 0.4) is 0 Å². The van der Waals surface area contributed by atoms with Crippen LogP contribution >= 0.6 is 11.6 Å². The molecule has 9 heteroatoms. The minimum absolute atomic E-state index is 0.106. The number of aromatic nitrogens is 1. The van der Waals surface area contributed by atoms with Crippen molar-refractivity contribution < 1.29 is 22.8 Å². The maximum atomic E-state index is 13.5. The third-order valence-corrected chi connectivity index (χ3v) is 6.30. The van der Waals surface area contributed by atoms with E-state index in [1.165, 1.54) is 4.90 Å². The number of aromatic amines is 1. The Hall–Kier alpha value is -3.00. The molecule has 1 saturated heterocycles. The van der Waals surface area contributed by atoms with Crippen molar-refractivity contribution in [3.63, 3.8) is 0 Å². The van der Waals surface area contributed by atoms with Crippen molar-refractivity contribution >= 4 is 40.1 Å². The van der Waals surface area contributed by atoms with Crippen LogP contribution in [0.4, 0.5) is 23.7 Å². The molecule has 0 aliphatic carbocycles. The Morgan fingerprint density at radius 1 is 1.13 bits per heavy atom. The van der Waals surface area contributed by atoms with Gasteiger partial charge in [0.2, 0.25) is 0 Å². The number of hydrogen-bond acceptors (Lipinski definition) is 2. The second-order valence-corrected chi connectivity index (χ2v) is 7.99. The molecular weight excluding hydrogens is 419 g/mol. The highest BCUT2D eigenvalue weighted by molar-refractivity contribution is 6.36. The van der Waals surface area contributed by atoms with Crippen molar-refractivity contribution in [2.24, 2.45) is 0 Å². The quantitative estimate of drug-likeness (QED) is 0.544. The van der Waals surface area contributed by atoms with Gasteiger partial charge >= 0.3 is 12.2 Å². The predicted octanol–water partition coefficient (Wildman–Crippen LogP) is 5.08. The first kappa shape index (κ1) is 19.0. The van der Waals surface area contributed by atoms with Crippen molar-refractivity contribution in [3.8, 4) is 0 Å². The van der Waals surface area contributed by atoms with E-state index in [1.54, 1.807) is 6.92 Å². The fourth-order valence-electron chi connectivity index (χ4n) is 4.46. The lowest BCUT2D eigenvalue weighted by Gasteiger charge is -2.35. The smallest absolute Gasteiger partial charge is 0.356 e. The van der Waals surface area contributed by atoms with Gasteiger partial charge in [0.25, 0.3) is 5.91 Å². The molecule has 0 radical (unpaired) electrons. The van der Waals surface area contributed by atoms with Crippen LogP contribution in [0.5, 0.6) is 0 Å². The van der Waals surface area contributed by atoms with Crippen LogP contribution in [-0.2, 0) is 22.9 Å². The largest absolute Gasteiger partial charge is 0.416 e. The van der Waals surface area contributed by atoms with Crippen molar-refractivity contribution in [2.45, 2.75) is 25.1 Å². The van der Waals surface area contributed by atoms with E-state index in [1.807, 2.05) is 24.3 Å². The number of fused-ring (bicyclic) bond motifs is 5. The van der Waals surface area contributed by atoms with E-state index in [4.69, 9.17) is 11.6 Å². The number of alkyl halides is 3. The second kappa shape index (κ2) is 6.01. The summed E-state index contributed by atoms with van der Waals surface area (Å²) in [6, 6.07) is 9.49. The van der Waals surface area contributed by atoms with Crippen LogP contribution < -0.4 is 4.90 Å². The van der Waals surface area contributed by atoms with Crippen molar-refractivity contribution in [1.29, 1.82) is 0 Å². The monoisotopic (exact) mass is 433 g/mol. The maximum absolute atomic E-state index is 13.5. The first-order valence-electron chi connectivity index (χ1n) is 9.27. The molecule has 3 amide bonds. The molecule has 0 saturated carbocycles. The van der Waals surface area contributed by atoms with Crippen molar-refractivity contribution in [3.05, 3.63) is 64.3 Å². The lowest BCUT2D eigenvalue weighted by molar-refractivity contribution is -0.137. The summed E-state index contributed by atoms with van der Waals surface area (Å²) >= 11 is 6.12. The van der Waals surface area contributed by atoms with Gasteiger partial charge in [-0.1, -0.05) is 29.8 Å². The average Bonchev–Trinajstić information content (AvgIpc) is 3.16. The molecular formula is C21H15ClF3N3O2. The molecule has 1 atom stereocenters. The Morgan fingerprint density at radius 3 is 2.60 bits per heavy atom. The maximum Gasteiger partial charge on any atom is 0.416 e. The average molecular weight is 434 g/mol. The summed E-state index contributed by atoms with van der Waals surface area (Å²) in [5, 5.41) is 0.856. The summed E-state index contributed by atoms with van der Waals surface area (Å²) in [5.41, 5.74) is -0.261. The molecule has 2 aliphatic heterocycles. The number of H-pyrrole nitrogens is 1. The number of benzene rings is 2. The van der Waals surface area contributed by atoms with Gasteiger partial charge in [-0.3, -0.25) is 4.79 Å². The van der Waals surface area contributed by atoms with Crippen molar-refractivity contribution in [1.82, 2.24) is 9.88 Å². The van der Waals surface area contributed by atoms with E-state index in [-0.39, 0.29) is 17.3 Å². The molecule has 1 aromatic heterocycles. The Kier molecular flexibility index (Phi) is 3.80. The summed E-state index contributed by atoms with van der Waals surface area (Å²) in [4.78, 5) is 32.1. The van der Waals surface area contributed by atoms with Gasteiger partial charge < -0.3 is 9.88 Å². The fraction of sp³-hybridized carbons (Fsp3) is 0.238. The van der Waals surface area contributed by atoms with Gasteiger partial charge in [-0.05, 0) is 43.2 Å². The summed E-state index contributed by atoms with van der Waals surface area (Å²) < 4.78 is 39.7. The van der Waals surface area contributed by atoms with Gasteiger partial charge in [-0.25, -0.2) is 9.69 Å². The van der Waals surface area contributed by atoms with E-state index in [0.29, 0.717) is 12.1 Å². The van der Waals surface area contributed by atoms with Crippen LogP contribution in [-0.4, -0.2) is 28.4 Å². The molecule has 3 heterocycles. The van der Waals surface area contributed by atoms with Crippen molar-refractivity contribution in [2.75, 3.05) is 11.4 Å². The van der Waals surface area contributed by atoms with Gasteiger partial charge in [0, 0.05) is 17.4 Å². The number of rotatable bonds is 1. The van der Waals surface area contributed by atoms with Gasteiger partial charge in [0.1, 0.15) is 0 Å². The number of nitrogens with one attached hydrogen (secondary N) is 1. The molecule has 30 heavy (non-hydrogen) atoms. The van der Waals surface area contributed by atoms with Crippen LogP contribution in [0.2, 0.25) is 5.02 Å². The lowest BCUT2D eigenvalue weighted by Crippen LogP contribution is -2.49. The van der Waals surface area contributed by atoms with E-state index in [2.05, 4.69) is 4.98 Å². The highest BCUT2D eigenvalue weighted by Crippen LogP contribution is 2.47. The lowest BCUT2D eigenvalue weighted by atomic mass is 9.87. The second-order valence-electron chi connectivity index (χ2n) is 7.59. The van der Waals surface area contributed by atoms with Gasteiger partial charge in [-0.15, -0.1) is 0 Å². The van der Waals surface area contributed by atoms with Crippen LogP contribution in [0.1, 0.15) is 23.7 Å². The number of imide groups is 1. The summed E-state index contributed by atoms with van der Waals surface area (Å²) in [5.74, 6) is -0.638. The van der Waals surface area contributed by atoms with Crippen LogP contribution in [0.15, 0.2) is 42.5 Å². The van der Waals surface area contributed by atoms with Gasteiger partial charge in [-0.2, -0.15) is 13.2 Å². The summed E-state index contributed by atoms with van der Waals surface area (Å²) in [6.07, 6.45) is -4.11. The molecule has 3 aromatic rings. The minimum atomic E-state index is -4.63. The molecule has 1 N–H and O–H groups in total. The highest BCUT2D eigenvalue weighted by atomic mass is 35.5. The number of carbonyl (C=O) groups excluding carboxylic acids is 2. The third kappa shape index (κ3) is 2.37. The number of nitrogens with zero attached hydrogens (tertiary/aromatic N) is 2. The van der Waals surface area contributed by atoms with Crippen LogP contribution in [0.25, 0.3) is 10.9 Å². The Bertz CT molecular complexity index is 1240. The van der Waals surface area contributed by atoms with E-state index >= 15 is 0 Å². The normalized spacial score (nSPS) is 21.4. The van der Waals surface area contributed by atoms with E-state index in [9.17, 15) is 22.8 Å². The zero-order valence-electron chi connectivity index (χ0n) is 15.7. The first-order valence-corrected chi connectivity index (χ1v) is 9.65. The number of para-hydroxylation sites is 1. The number of amides is 3.